The predicted molar refractivity (Wildman–Crippen MR) is 94.2 cm³/mol. The molecule has 0 fully saturated rings. The molecule has 1 heterocycles. The summed E-state index contributed by atoms with van der Waals surface area (Å²) in [5, 5.41) is 25.5. The quantitative estimate of drug-likeness (QED) is 0.564. The molecular formula is C17H12N4O5. The van der Waals surface area contributed by atoms with Crippen molar-refractivity contribution in [3.8, 4) is 0 Å². The number of amides is 1. The Bertz CT molecular complexity index is 1060. The fourth-order valence-corrected chi connectivity index (χ4v) is 2.55. The van der Waals surface area contributed by atoms with E-state index in [1.165, 1.54) is 13.1 Å². The third-order valence-corrected chi connectivity index (χ3v) is 3.87. The van der Waals surface area contributed by atoms with Crippen LogP contribution >= 0.6 is 0 Å². The van der Waals surface area contributed by atoms with Crippen molar-refractivity contribution in [2.75, 3.05) is 5.32 Å². The first-order valence-corrected chi connectivity index (χ1v) is 7.46. The van der Waals surface area contributed by atoms with Crippen LogP contribution in [0.5, 0.6) is 0 Å². The lowest BCUT2D eigenvalue weighted by molar-refractivity contribution is -0.394. The molecule has 0 radical (unpaired) electrons. The summed E-state index contributed by atoms with van der Waals surface area (Å²) in [7, 11) is 0. The zero-order chi connectivity index (χ0) is 18.8. The first-order valence-electron chi connectivity index (χ1n) is 7.46. The largest absolute Gasteiger partial charge is 0.321 e. The number of nitrogens with one attached hydrogen (secondary N) is 1. The predicted octanol–water partition coefficient (Wildman–Crippen LogP) is 3.61. The fourth-order valence-electron chi connectivity index (χ4n) is 2.55. The molecule has 9 nitrogen and oxygen atoms in total. The minimum atomic E-state index is -0.777. The van der Waals surface area contributed by atoms with E-state index in [0.717, 1.165) is 23.0 Å². The van der Waals surface area contributed by atoms with E-state index in [4.69, 9.17) is 0 Å². The van der Waals surface area contributed by atoms with Gasteiger partial charge in [0.15, 0.2) is 0 Å². The molecule has 0 aliphatic heterocycles. The highest BCUT2D eigenvalue weighted by atomic mass is 16.6. The van der Waals surface area contributed by atoms with Gasteiger partial charge >= 0.3 is 0 Å². The number of non-ortho nitro benzene ring substituents is 1. The van der Waals surface area contributed by atoms with Crippen LogP contribution in [0.25, 0.3) is 10.9 Å². The Labute approximate surface area is 146 Å². The number of benzene rings is 2. The van der Waals surface area contributed by atoms with E-state index in [0.29, 0.717) is 5.69 Å². The average Bonchev–Trinajstić information content (AvgIpc) is 2.61. The monoisotopic (exact) mass is 352 g/mol. The van der Waals surface area contributed by atoms with E-state index in [9.17, 15) is 25.0 Å². The summed E-state index contributed by atoms with van der Waals surface area (Å²) in [5.41, 5.74) is 0.0194. The molecule has 0 spiro atoms. The van der Waals surface area contributed by atoms with Gasteiger partial charge in [0.05, 0.1) is 38.9 Å². The summed E-state index contributed by atoms with van der Waals surface area (Å²) in [5.74, 6) is -0.689. The van der Waals surface area contributed by atoms with Crippen LogP contribution in [-0.4, -0.2) is 20.7 Å². The normalized spacial score (nSPS) is 10.5. The third kappa shape index (κ3) is 3.18. The molecule has 1 aromatic heterocycles. The first kappa shape index (κ1) is 17.0. The molecule has 0 aliphatic carbocycles. The van der Waals surface area contributed by atoms with Gasteiger partial charge in [-0.25, -0.2) is 0 Å². The van der Waals surface area contributed by atoms with E-state index in [-0.39, 0.29) is 11.1 Å². The Balaban J connectivity index is 2.00. The summed E-state index contributed by atoms with van der Waals surface area (Å²) in [4.78, 5) is 37.3. The second-order valence-corrected chi connectivity index (χ2v) is 5.52. The topological polar surface area (TPSA) is 128 Å². The molecule has 0 aliphatic rings. The Morgan fingerprint density at radius 1 is 1.08 bits per heavy atom. The smallest absolute Gasteiger partial charge is 0.279 e. The number of carbonyl (C=O) groups excluding carboxylic acids is 1. The lowest BCUT2D eigenvalue weighted by Gasteiger charge is -2.09. The van der Waals surface area contributed by atoms with Gasteiger partial charge in [0.1, 0.15) is 0 Å². The second kappa shape index (κ2) is 6.55. The second-order valence-electron chi connectivity index (χ2n) is 5.52. The van der Waals surface area contributed by atoms with Crippen LogP contribution in [0.2, 0.25) is 0 Å². The van der Waals surface area contributed by atoms with Gasteiger partial charge in [-0.3, -0.25) is 30.0 Å². The van der Waals surface area contributed by atoms with Gasteiger partial charge in [-0.15, -0.1) is 0 Å². The molecule has 2 aromatic carbocycles. The first-order chi connectivity index (χ1) is 12.4. The van der Waals surface area contributed by atoms with Gasteiger partial charge in [0.2, 0.25) is 0 Å². The number of nitrogens with zero attached hydrogens (tertiary/aromatic N) is 3. The number of rotatable bonds is 4. The standard InChI is InChI=1S/C17H12N4O5/c1-10-14(7-13(20(23)24)8-16(10)21(25)26)17(22)19-12-6-11-4-2-3-5-15(11)18-9-12/h2-9H,1H3,(H,19,22). The number of aromatic nitrogens is 1. The summed E-state index contributed by atoms with van der Waals surface area (Å²) in [6.45, 7) is 1.37. The molecule has 130 valence electrons. The Morgan fingerprint density at radius 2 is 1.81 bits per heavy atom. The molecule has 1 amide bonds. The van der Waals surface area contributed by atoms with Crippen LogP contribution in [0.15, 0.2) is 48.7 Å². The molecule has 9 heteroatoms. The van der Waals surface area contributed by atoms with Gasteiger partial charge in [-0.2, -0.15) is 0 Å². The Hall–Kier alpha value is -3.88. The number of para-hydroxylation sites is 1. The number of nitro groups is 2. The van der Waals surface area contributed by atoms with Crippen molar-refractivity contribution < 1.29 is 14.6 Å². The van der Waals surface area contributed by atoms with E-state index in [2.05, 4.69) is 10.3 Å². The minimum absolute atomic E-state index is 0.0480. The lowest BCUT2D eigenvalue weighted by atomic mass is 10.0. The summed E-state index contributed by atoms with van der Waals surface area (Å²) >= 11 is 0. The van der Waals surface area contributed by atoms with Gasteiger partial charge in [0, 0.05) is 17.0 Å². The van der Waals surface area contributed by atoms with Crippen LogP contribution in [0.4, 0.5) is 17.1 Å². The maximum absolute atomic E-state index is 12.5. The summed E-state index contributed by atoms with van der Waals surface area (Å²) < 4.78 is 0. The number of hydrogen-bond acceptors (Lipinski definition) is 6. The highest BCUT2D eigenvalue weighted by Gasteiger charge is 2.24. The van der Waals surface area contributed by atoms with E-state index in [1.54, 1.807) is 6.07 Å². The van der Waals surface area contributed by atoms with E-state index < -0.39 is 27.1 Å². The molecule has 1 N–H and O–H groups in total. The van der Waals surface area contributed by atoms with Crippen molar-refractivity contribution in [2.45, 2.75) is 6.92 Å². The number of anilines is 1. The van der Waals surface area contributed by atoms with Gasteiger partial charge in [0.25, 0.3) is 17.3 Å². The number of hydrogen-bond donors (Lipinski definition) is 1. The average molecular weight is 352 g/mol. The summed E-state index contributed by atoms with van der Waals surface area (Å²) in [6.07, 6.45) is 1.45. The van der Waals surface area contributed by atoms with Crippen LogP contribution in [0, 0.1) is 27.2 Å². The fraction of sp³-hybridized carbons (Fsp3) is 0.0588. The van der Waals surface area contributed by atoms with Crippen molar-refractivity contribution in [1.29, 1.82) is 0 Å². The van der Waals surface area contributed by atoms with Crippen molar-refractivity contribution in [3.05, 3.63) is 80.0 Å². The Kier molecular flexibility index (Phi) is 4.27. The highest BCUT2D eigenvalue weighted by molar-refractivity contribution is 6.06. The third-order valence-electron chi connectivity index (χ3n) is 3.87. The molecule has 0 atom stereocenters. The van der Waals surface area contributed by atoms with E-state index >= 15 is 0 Å². The van der Waals surface area contributed by atoms with Gasteiger partial charge in [-0.1, -0.05) is 18.2 Å². The van der Waals surface area contributed by atoms with Crippen LogP contribution in [-0.2, 0) is 0 Å². The number of pyridine rings is 1. The maximum atomic E-state index is 12.5. The maximum Gasteiger partial charge on any atom is 0.279 e. The van der Waals surface area contributed by atoms with Crippen molar-refractivity contribution in [2.24, 2.45) is 0 Å². The number of nitro benzene ring substituents is 2. The molecule has 3 rings (SSSR count). The lowest BCUT2D eigenvalue weighted by Crippen LogP contribution is -2.15. The van der Waals surface area contributed by atoms with Crippen LogP contribution in [0.1, 0.15) is 15.9 Å². The molecule has 0 bridgehead atoms. The molecular weight excluding hydrogens is 340 g/mol. The minimum Gasteiger partial charge on any atom is -0.321 e. The Morgan fingerprint density at radius 3 is 2.50 bits per heavy atom. The zero-order valence-corrected chi connectivity index (χ0v) is 13.5. The SMILES string of the molecule is Cc1c(C(=O)Nc2cnc3ccccc3c2)cc([N+](=O)[O-])cc1[N+](=O)[O-]. The van der Waals surface area contributed by atoms with Crippen LogP contribution < -0.4 is 5.32 Å². The molecule has 0 saturated heterocycles. The molecule has 3 aromatic rings. The molecule has 26 heavy (non-hydrogen) atoms. The number of fused-ring (bicyclic) bond motifs is 1. The van der Waals surface area contributed by atoms with Crippen molar-refractivity contribution >= 4 is 33.9 Å². The molecule has 0 saturated carbocycles. The zero-order valence-electron chi connectivity index (χ0n) is 13.5. The summed E-state index contributed by atoms with van der Waals surface area (Å²) in [6, 6.07) is 10.8. The van der Waals surface area contributed by atoms with E-state index in [1.807, 2.05) is 24.3 Å². The highest BCUT2D eigenvalue weighted by Crippen LogP contribution is 2.28. The van der Waals surface area contributed by atoms with Crippen molar-refractivity contribution in [1.82, 2.24) is 4.98 Å². The van der Waals surface area contributed by atoms with Crippen LogP contribution in [0.3, 0.4) is 0 Å². The van der Waals surface area contributed by atoms with Gasteiger partial charge < -0.3 is 5.32 Å². The number of carbonyl (C=O) groups is 1. The van der Waals surface area contributed by atoms with Gasteiger partial charge in [-0.05, 0) is 19.1 Å². The molecule has 0 unspecified atom stereocenters. The van der Waals surface area contributed by atoms with Crippen molar-refractivity contribution in [3.63, 3.8) is 0 Å².